The summed E-state index contributed by atoms with van der Waals surface area (Å²) in [6.07, 6.45) is 2.71. The van der Waals surface area contributed by atoms with Gasteiger partial charge in [0.25, 0.3) is 0 Å². The van der Waals surface area contributed by atoms with Gasteiger partial charge in [0.2, 0.25) is 11.8 Å². The van der Waals surface area contributed by atoms with Crippen LogP contribution in [-0.4, -0.2) is 30.4 Å². The van der Waals surface area contributed by atoms with E-state index < -0.39 is 0 Å². The summed E-state index contributed by atoms with van der Waals surface area (Å²) in [7, 11) is 1.73. The van der Waals surface area contributed by atoms with Gasteiger partial charge in [-0.3, -0.25) is 9.79 Å². The molecule has 1 amide bonds. The molecule has 7 heteroatoms. The second kappa shape index (κ2) is 8.70. The van der Waals surface area contributed by atoms with Crippen LogP contribution >= 0.6 is 0 Å². The summed E-state index contributed by atoms with van der Waals surface area (Å²) in [4.78, 5) is 22.5. The maximum atomic E-state index is 12.0. The number of hydrogen-bond acceptors (Lipinski definition) is 4. The molecule has 2 aromatic rings. The minimum atomic E-state index is 0.216. The molecule has 0 unspecified atom stereocenters. The van der Waals surface area contributed by atoms with E-state index in [1.165, 1.54) is 0 Å². The van der Waals surface area contributed by atoms with Crippen LogP contribution in [0, 0.1) is 13.8 Å². The van der Waals surface area contributed by atoms with Crippen LogP contribution < -0.4 is 15.5 Å². The van der Waals surface area contributed by atoms with Gasteiger partial charge in [-0.25, -0.2) is 4.98 Å². The Morgan fingerprint density at radius 1 is 1.19 bits per heavy atom. The predicted octanol–water partition coefficient (Wildman–Crippen LogP) is 2.67. The lowest BCUT2D eigenvalue weighted by molar-refractivity contribution is -0.119. The van der Waals surface area contributed by atoms with E-state index in [9.17, 15) is 4.79 Å². The molecule has 3 rings (SSSR count). The molecule has 0 bridgehead atoms. The number of guanidine groups is 1. The Balaban J connectivity index is 1.51. The molecular formula is C20H27N5O2. The number of aromatic nitrogens is 1. The van der Waals surface area contributed by atoms with Crippen molar-refractivity contribution in [3.05, 3.63) is 47.2 Å². The molecule has 0 radical (unpaired) electrons. The van der Waals surface area contributed by atoms with E-state index in [-0.39, 0.29) is 5.91 Å². The molecule has 1 aromatic heterocycles. The molecule has 0 aliphatic carbocycles. The number of nitrogens with one attached hydrogen (secondary N) is 2. The van der Waals surface area contributed by atoms with Crippen molar-refractivity contribution in [2.24, 2.45) is 4.99 Å². The number of piperidine rings is 1. The van der Waals surface area contributed by atoms with Crippen LogP contribution in [0.25, 0.3) is 0 Å². The lowest BCUT2D eigenvalue weighted by Gasteiger charge is -2.26. The first kappa shape index (κ1) is 18.9. The molecular weight excluding hydrogens is 342 g/mol. The minimum Gasteiger partial charge on any atom is -0.444 e. The summed E-state index contributed by atoms with van der Waals surface area (Å²) in [6.45, 7) is 5.76. The van der Waals surface area contributed by atoms with E-state index in [0.29, 0.717) is 31.4 Å². The lowest BCUT2D eigenvalue weighted by atomic mass is 10.1. The van der Waals surface area contributed by atoms with Crippen molar-refractivity contribution in [3.8, 4) is 0 Å². The van der Waals surface area contributed by atoms with Gasteiger partial charge in [-0.2, -0.15) is 0 Å². The summed E-state index contributed by atoms with van der Waals surface area (Å²) in [5.41, 5.74) is 3.00. The van der Waals surface area contributed by atoms with Crippen LogP contribution in [0.5, 0.6) is 0 Å². The zero-order valence-electron chi connectivity index (χ0n) is 16.2. The van der Waals surface area contributed by atoms with E-state index >= 15 is 0 Å². The quantitative estimate of drug-likeness (QED) is 0.625. The maximum absolute atomic E-state index is 12.0. The van der Waals surface area contributed by atoms with Crippen molar-refractivity contribution in [2.75, 3.05) is 18.5 Å². The Bertz CT molecular complexity index is 791. The predicted molar refractivity (Wildman–Crippen MR) is 106 cm³/mol. The van der Waals surface area contributed by atoms with Gasteiger partial charge in [0.15, 0.2) is 5.96 Å². The summed E-state index contributed by atoms with van der Waals surface area (Å²) in [6, 6.07) is 8.10. The number of benzene rings is 1. The number of carbonyl (C=O) groups excluding carboxylic acids is 1. The second-order valence-electron chi connectivity index (χ2n) is 6.70. The van der Waals surface area contributed by atoms with Crippen molar-refractivity contribution in [1.82, 2.24) is 15.6 Å². The molecule has 0 spiro atoms. The van der Waals surface area contributed by atoms with Gasteiger partial charge in [-0.1, -0.05) is 12.1 Å². The van der Waals surface area contributed by atoms with Crippen LogP contribution in [0.3, 0.4) is 0 Å². The number of aliphatic imine (C=N–C) groups is 1. The Morgan fingerprint density at radius 2 is 1.93 bits per heavy atom. The molecule has 1 aliphatic rings. The Hall–Kier alpha value is -2.83. The average Bonchev–Trinajstić information content (AvgIpc) is 3.00. The number of amides is 1. The van der Waals surface area contributed by atoms with Crippen molar-refractivity contribution < 1.29 is 9.21 Å². The number of anilines is 1. The first-order valence-electron chi connectivity index (χ1n) is 9.33. The van der Waals surface area contributed by atoms with Gasteiger partial charge in [0.1, 0.15) is 5.76 Å². The van der Waals surface area contributed by atoms with Crippen molar-refractivity contribution in [1.29, 1.82) is 0 Å². The maximum Gasteiger partial charge on any atom is 0.226 e. The van der Waals surface area contributed by atoms with Crippen LogP contribution in [0.15, 0.2) is 33.7 Å². The van der Waals surface area contributed by atoms with Crippen molar-refractivity contribution in [3.63, 3.8) is 0 Å². The topological polar surface area (TPSA) is 82.8 Å². The standard InChI is InChI=1S/C20H27N5O2/c1-14-15(2)27-18(24-14)13-23-20(21-3)22-12-16-7-9-17(10-8-16)25-11-5-4-6-19(25)26/h7-10H,4-6,11-13H2,1-3H3,(H2,21,22,23). The number of hydrogen-bond donors (Lipinski definition) is 2. The Kier molecular flexibility index (Phi) is 6.11. The lowest BCUT2D eigenvalue weighted by Crippen LogP contribution is -2.36. The van der Waals surface area contributed by atoms with Crippen LogP contribution in [0.2, 0.25) is 0 Å². The third kappa shape index (κ3) is 4.87. The molecule has 0 saturated carbocycles. The summed E-state index contributed by atoms with van der Waals surface area (Å²) >= 11 is 0. The first-order chi connectivity index (χ1) is 13.1. The highest BCUT2D eigenvalue weighted by molar-refractivity contribution is 5.93. The number of carbonyl (C=O) groups is 1. The smallest absolute Gasteiger partial charge is 0.226 e. The molecule has 1 aromatic carbocycles. The highest BCUT2D eigenvalue weighted by Gasteiger charge is 2.19. The van der Waals surface area contributed by atoms with Crippen LogP contribution in [0.1, 0.15) is 42.2 Å². The molecule has 1 fully saturated rings. The van der Waals surface area contributed by atoms with E-state index in [1.807, 2.05) is 43.0 Å². The van der Waals surface area contributed by atoms with Crippen molar-refractivity contribution in [2.45, 2.75) is 46.2 Å². The molecule has 7 nitrogen and oxygen atoms in total. The van der Waals surface area contributed by atoms with Crippen molar-refractivity contribution >= 4 is 17.6 Å². The molecule has 27 heavy (non-hydrogen) atoms. The summed E-state index contributed by atoms with van der Waals surface area (Å²) in [5, 5.41) is 6.47. The Labute approximate surface area is 159 Å². The third-order valence-corrected chi connectivity index (χ3v) is 4.73. The molecule has 2 N–H and O–H groups in total. The van der Waals surface area contributed by atoms with Gasteiger partial charge >= 0.3 is 0 Å². The molecule has 2 heterocycles. The fourth-order valence-corrected chi connectivity index (χ4v) is 3.05. The van der Waals surface area contributed by atoms with E-state index in [4.69, 9.17) is 4.42 Å². The summed E-state index contributed by atoms with van der Waals surface area (Å²) < 4.78 is 5.56. The van der Waals surface area contributed by atoms with Crippen LogP contribution in [0.4, 0.5) is 5.69 Å². The number of oxazole rings is 1. The SMILES string of the molecule is CN=C(NCc1ccc(N2CCCCC2=O)cc1)NCc1nc(C)c(C)o1. The van der Waals surface area contributed by atoms with Gasteiger partial charge < -0.3 is 20.0 Å². The molecule has 0 atom stereocenters. The highest BCUT2D eigenvalue weighted by atomic mass is 16.4. The zero-order valence-corrected chi connectivity index (χ0v) is 16.2. The van der Waals surface area contributed by atoms with E-state index in [1.54, 1.807) is 7.05 Å². The normalized spacial score (nSPS) is 15.1. The van der Waals surface area contributed by atoms with Gasteiger partial charge in [-0.05, 0) is 44.4 Å². The molecule has 1 aliphatic heterocycles. The zero-order chi connectivity index (χ0) is 19.2. The van der Waals surface area contributed by atoms with Gasteiger partial charge in [0.05, 0.1) is 12.2 Å². The first-order valence-corrected chi connectivity index (χ1v) is 9.33. The monoisotopic (exact) mass is 369 g/mol. The van der Waals surface area contributed by atoms with Crippen LogP contribution in [-0.2, 0) is 17.9 Å². The second-order valence-corrected chi connectivity index (χ2v) is 6.70. The van der Waals surface area contributed by atoms with E-state index in [2.05, 4.69) is 20.6 Å². The average molecular weight is 369 g/mol. The fraction of sp³-hybridized carbons (Fsp3) is 0.450. The van der Waals surface area contributed by atoms with E-state index in [0.717, 1.165) is 42.1 Å². The Morgan fingerprint density at radius 3 is 2.56 bits per heavy atom. The molecule has 144 valence electrons. The number of rotatable bonds is 5. The van der Waals surface area contributed by atoms with Gasteiger partial charge in [-0.15, -0.1) is 0 Å². The largest absolute Gasteiger partial charge is 0.444 e. The highest BCUT2D eigenvalue weighted by Crippen LogP contribution is 2.21. The summed E-state index contributed by atoms with van der Waals surface area (Å²) in [5.74, 6) is 2.37. The third-order valence-electron chi connectivity index (χ3n) is 4.73. The molecule has 1 saturated heterocycles. The number of nitrogens with zero attached hydrogens (tertiary/aromatic N) is 3. The minimum absolute atomic E-state index is 0.216. The fourth-order valence-electron chi connectivity index (χ4n) is 3.05. The number of aryl methyl sites for hydroxylation is 2. The van der Waals surface area contributed by atoms with Gasteiger partial charge in [0, 0.05) is 32.2 Å².